The van der Waals surface area contributed by atoms with E-state index in [9.17, 15) is 20.1 Å². The van der Waals surface area contributed by atoms with E-state index in [1.54, 1.807) is 0 Å². The number of aliphatic hydroxyl groups is 3. The highest BCUT2D eigenvalue weighted by Crippen LogP contribution is 2.72. The van der Waals surface area contributed by atoms with Gasteiger partial charge in [-0.05, 0) is 99.7 Å². The number of ether oxygens (including phenoxy) is 3. The third kappa shape index (κ3) is 3.39. The Morgan fingerprint density at radius 3 is 2.27 bits per heavy atom. The van der Waals surface area contributed by atoms with Crippen LogP contribution in [0.4, 0.5) is 0 Å². The lowest BCUT2D eigenvalue weighted by atomic mass is 9.43. The Balaban J connectivity index is 1.31. The molecule has 2 saturated heterocycles. The summed E-state index contributed by atoms with van der Waals surface area (Å²) < 4.78 is 18.9. The van der Waals surface area contributed by atoms with E-state index in [1.165, 1.54) is 6.92 Å². The molecular formula is C30H48O7. The zero-order valence-electron chi connectivity index (χ0n) is 23.7. The smallest absolute Gasteiger partial charge is 0.302 e. The van der Waals surface area contributed by atoms with Crippen LogP contribution < -0.4 is 0 Å². The second-order valence-electron chi connectivity index (χ2n) is 15.1. The van der Waals surface area contributed by atoms with Crippen LogP contribution in [-0.2, 0) is 19.0 Å². The molecular weight excluding hydrogens is 472 g/mol. The van der Waals surface area contributed by atoms with Crippen LogP contribution in [-0.4, -0.2) is 62.7 Å². The van der Waals surface area contributed by atoms with Crippen molar-refractivity contribution in [2.24, 2.45) is 46.3 Å². The first-order chi connectivity index (χ1) is 17.1. The molecule has 6 rings (SSSR count). The lowest BCUT2D eigenvalue weighted by Crippen LogP contribution is -2.63. The van der Waals surface area contributed by atoms with Crippen molar-refractivity contribution in [3.63, 3.8) is 0 Å². The van der Waals surface area contributed by atoms with Gasteiger partial charge in [-0.1, -0.05) is 20.8 Å². The van der Waals surface area contributed by atoms with E-state index >= 15 is 0 Å². The number of hydrogen-bond acceptors (Lipinski definition) is 7. The Morgan fingerprint density at radius 1 is 0.946 bits per heavy atom. The van der Waals surface area contributed by atoms with E-state index < -0.39 is 29.7 Å². The molecule has 14 atom stereocenters. The molecule has 7 heteroatoms. The molecule has 2 aliphatic heterocycles. The number of hydrogen-bond donors (Lipinski definition) is 3. The van der Waals surface area contributed by atoms with Crippen molar-refractivity contribution in [1.29, 1.82) is 0 Å². The van der Waals surface area contributed by atoms with Gasteiger partial charge < -0.3 is 29.5 Å². The van der Waals surface area contributed by atoms with Gasteiger partial charge in [0.1, 0.15) is 11.7 Å². The van der Waals surface area contributed by atoms with Crippen molar-refractivity contribution in [2.45, 2.75) is 135 Å². The lowest BCUT2D eigenvalue weighted by molar-refractivity contribution is -0.300. The number of esters is 1. The van der Waals surface area contributed by atoms with E-state index in [1.807, 2.05) is 6.92 Å². The van der Waals surface area contributed by atoms with Gasteiger partial charge in [-0.15, -0.1) is 0 Å². The highest BCUT2D eigenvalue weighted by molar-refractivity contribution is 5.66. The van der Waals surface area contributed by atoms with Crippen LogP contribution in [0, 0.1) is 46.3 Å². The predicted molar refractivity (Wildman–Crippen MR) is 136 cm³/mol. The maximum Gasteiger partial charge on any atom is 0.302 e. The quantitative estimate of drug-likeness (QED) is 0.452. The fourth-order valence-corrected chi connectivity index (χ4v) is 11.0. The van der Waals surface area contributed by atoms with Crippen molar-refractivity contribution >= 4 is 5.97 Å². The highest BCUT2D eigenvalue weighted by atomic mass is 16.7. The average molecular weight is 521 g/mol. The fourth-order valence-electron chi connectivity index (χ4n) is 11.0. The van der Waals surface area contributed by atoms with Crippen LogP contribution >= 0.6 is 0 Å². The van der Waals surface area contributed by atoms with Crippen LogP contribution in [0.2, 0.25) is 0 Å². The average Bonchev–Trinajstić information content (AvgIpc) is 3.26. The predicted octanol–water partition coefficient (Wildman–Crippen LogP) is 3.81. The number of aliphatic hydroxyl groups excluding tert-OH is 2. The number of carbonyl (C=O) groups is 1. The molecule has 6 aliphatic rings. The summed E-state index contributed by atoms with van der Waals surface area (Å²) in [5.74, 6) is -0.172. The van der Waals surface area contributed by atoms with E-state index in [0.717, 1.165) is 19.3 Å². The van der Waals surface area contributed by atoms with E-state index in [2.05, 4.69) is 34.6 Å². The molecule has 4 saturated carbocycles. The van der Waals surface area contributed by atoms with Gasteiger partial charge in [0.15, 0.2) is 5.79 Å². The van der Waals surface area contributed by atoms with Crippen LogP contribution in [0.3, 0.4) is 0 Å². The van der Waals surface area contributed by atoms with Gasteiger partial charge >= 0.3 is 5.97 Å². The van der Waals surface area contributed by atoms with Gasteiger partial charge in [0, 0.05) is 19.3 Å². The molecule has 4 aliphatic carbocycles. The van der Waals surface area contributed by atoms with Gasteiger partial charge in [-0.2, -0.15) is 0 Å². The minimum Gasteiger partial charge on any atom is -0.460 e. The lowest BCUT2D eigenvalue weighted by Gasteiger charge is -2.63. The van der Waals surface area contributed by atoms with Crippen molar-refractivity contribution < 1.29 is 34.3 Å². The summed E-state index contributed by atoms with van der Waals surface area (Å²) >= 11 is 0. The summed E-state index contributed by atoms with van der Waals surface area (Å²) in [6.45, 7) is 14.2. The topological polar surface area (TPSA) is 105 Å². The van der Waals surface area contributed by atoms with Gasteiger partial charge in [-0.3, -0.25) is 4.79 Å². The zero-order chi connectivity index (χ0) is 26.9. The maximum atomic E-state index is 12.2. The Bertz CT molecular complexity index is 964. The van der Waals surface area contributed by atoms with Crippen molar-refractivity contribution in [3.05, 3.63) is 0 Å². The highest BCUT2D eigenvalue weighted by Gasteiger charge is 2.77. The van der Waals surface area contributed by atoms with Gasteiger partial charge in [0.05, 0.1) is 23.9 Å². The normalized spacial score (nSPS) is 59.9. The SMILES string of the molecule is CC(=O)OC1CC2(C)C(CCC3C4CC5OC6(CC(C)C(C)(C)O6)C(C)(O)C5C4(C)CC(O)C32)CC1O. The van der Waals surface area contributed by atoms with Gasteiger partial charge in [0.25, 0.3) is 0 Å². The summed E-state index contributed by atoms with van der Waals surface area (Å²) in [6, 6.07) is 0. The third-order valence-electron chi connectivity index (χ3n) is 12.8. The minimum absolute atomic E-state index is 0.0781. The molecule has 0 aromatic rings. The molecule has 1 spiro atoms. The van der Waals surface area contributed by atoms with Crippen LogP contribution in [0.5, 0.6) is 0 Å². The fraction of sp³-hybridized carbons (Fsp3) is 0.967. The molecule has 0 aromatic heterocycles. The molecule has 0 bridgehead atoms. The molecule has 0 aromatic carbocycles. The Labute approximate surface area is 221 Å². The van der Waals surface area contributed by atoms with E-state index in [0.29, 0.717) is 43.4 Å². The van der Waals surface area contributed by atoms with Crippen LogP contribution in [0.15, 0.2) is 0 Å². The molecule has 7 nitrogen and oxygen atoms in total. The second-order valence-corrected chi connectivity index (χ2v) is 15.1. The van der Waals surface area contributed by atoms with Crippen molar-refractivity contribution in [2.75, 3.05) is 0 Å². The van der Waals surface area contributed by atoms with E-state index in [-0.39, 0.29) is 46.3 Å². The van der Waals surface area contributed by atoms with Crippen LogP contribution in [0.1, 0.15) is 93.4 Å². The molecule has 6 fully saturated rings. The van der Waals surface area contributed by atoms with Gasteiger partial charge in [-0.25, -0.2) is 0 Å². The second kappa shape index (κ2) is 7.93. The monoisotopic (exact) mass is 520 g/mol. The largest absolute Gasteiger partial charge is 0.460 e. The summed E-state index contributed by atoms with van der Waals surface area (Å²) in [7, 11) is 0. The summed E-state index contributed by atoms with van der Waals surface area (Å²) in [4.78, 5) is 11.8. The minimum atomic E-state index is -1.15. The van der Waals surface area contributed by atoms with Gasteiger partial charge in [0.2, 0.25) is 0 Å². The van der Waals surface area contributed by atoms with Crippen molar-refractivity contribution in [1.82, 2.24) is 0 Å². The first-order valence-corrected chi connectivity index (χ1v) is 14.7. The third-order valence-corrected chi connectivity index (χ3v) is 12.8. The summed E-state index contributed by atoms with van der Waals surface area (Å²) in [6.07, 6.45) is 3.63. The molecule has 2 heterocycles. The Hall–Kier alpha value is -0.730. The first-order valence-electron chi connectivity index (χ1n) is 14.7. The zero-order valence-corrected chi connectivity index (χ0v) is 23.7. The molecule has 14 unspecified atom stereocenters. The summed E-state index contributed by atoms with van der Waals surface area (Å²) in [5.41, 5.74) is -1.98. The molecule has 0 radical (unpaired) electrons. The van der Waals surface area contributed by atoms with E-state index in [4.69, 9.17) is 14.2 Å². The molecule has 0 amide bonds. The standard InChI is InChI=1S/C30H48O7/c1-15-12-30(37-26(15,3)4)29(7,34)25-22(36-30)11-19-18-9-8-17-10-20(32)23(35-16(2)31)14-27(17,5)24(18)21(33)13-28(19,25)6/h15,17-25,32-34H,8-14H2,1-7H3. The summed E-state index contributed by atoms with van der Waals surface area (Å²) in [5, 5.41) is 34.9. The Kier molecular flexibility index (Phi) is 5.68. The molecule has 210 valence electrons. The first kappa shape index (κ1) is 26.5. The number of fused-ring (bicyclic) bond motifs is 7. The van der Waals surface area contributed by atoms with Crippen LogP contribution in [0.25, 0.3) is 0 Å². The molecule has 3 N–H and O–H groups in total. The Morgan fingerprint density at radius 2 is 1.65 bits per heavy atom. The molecule has 37 heavy (non-hydrogen) atoms. The maximum absolute atomic E-state index is 12.2. The number of rotatable bonds is 1. The van der Waals surface area contributed by atoms with Crippen molar-refractivity contribution in [3.8, 4) is 0 Å². The number of carbonyl (C=O) groups excluding carboxylic acids is 1.